The van der Waals surface area contributed by atoms with Gasteiger partial charge >= 0.3 is 5.76 Å². The van der Waals surface area contributed by atoms with Gasteiger partial charge in [0.1, 0.15) is 0 Å². The average Bonchev–Trinajstić information content (AvgIpc) is 3.42. The fourth-order valence-electron chi connectivity index (χ4n) is 3.09. The molecule has 4 rings (SSSR count). The lowest BCUT2D eigenvalue weighted by molar-refractivity contribution is 0.398. The maximum Gasteiger partial charge on any atom is 0.419 e. The molecule has 3 aromatic rings. The largest absolute Gasteiger partial charge is 0.419 e. The third-order valence-corrected chi connectivity index (χ3v) is 6.47. The van der Waals surface area contributed by atoms with Crippen molar-refractivity contribution in [3.63, 3.8) is 0 Å². The van der Waals surface area contributed by atoms with Crippen LogP contribution in [0.4, 0.5) is 0 Å². The lowest BCUT2D eigenvalue weighted by Gasteiger charge is -2.22. The highest BCUT2D eigenvalue weighted by atomic mass is 32.2. The van der Waals surface area contributed by atoms with Crippen LogP contribution in [0.2, 0.25) is 0 Å². The number of nitrogens with zero attached hydrogens (tertiary/aromatic N) is 3. The van der Waals surface area contributed by atoms with E-state index in [0.29, 0.717) is 12.1 Å². The van der Waals surface area contributed by atoms with Gasteiger partial charge in [0.2, 0.25) is 10.0 Å². The summed E-state index contributed by atoms with van der Waals surface area (Å²) in [6.45, 7) is 2.58. The highest BCUT2D eigenvalue weighted by molar-refractivity contribution is 7.89. The topological polar surface area (TPSA) is 85.4 Å². The number of hydrogen-bond donors (Lipinski definition) is 0. The van der Waals surface area contributed by atoms with Crippen molar-refractivity contribution in [3.05, 3.63) is 58.8 Å². The first-order valence-electron chi connectivity index (χ1n) is 8.55. The Kier molecular flexibility index (Phi) is 4.16. The monoisotopic (exact) mass is 373 g/mol. The molecule has 0 unspecified atom stereocenters. The molecule has 0 bridgehead atoms. The summed E-state index contributed by atoms with van der Waals surface area (Å²) in [5.74, 6) is -0.480. The summed E-state index contributed by atoms with van der Waals surface area (Å²) in [6.07, 6.45) is 5.04. The van der Waals surface area contributed by atoms with E-state index in [1.54, 1.807) is 24.5 Å². The molecule has 136 valence electrons. The van der Waals surface area contributed by atoms with Crippen LogP contribution in [0.3, 0.4) is 0 Å². The Morgan fingerprint density at radius 3 is 2.77 bits per heavy atom. The zero-order valence-electron chi connectivity index (χ0n) is 14.3. The molecule has 1 aliphatic carbocycles. The Balaban J connectivity index is 1.74. The highest BCUT2D eigenvalue weighted by Crippen LogP contribution is 2.34. The molecule has 0 amide bonds. The molecule has 0 N–H and O–H groups in total. The summed E-state index contributed by atoms with van der Waals surface area (Å²) < 4.78 is 34.6. The number of hydrogen-bond acceptors (Lipinski definition) is 5. The molecule has 1 fully saturated rings. The Morgan fingerprint density at radius 2 is 2.12 bits per heavy atom. The van der Waals surface area contributed by atoms with Gasteiger partial charge in [-0.25, -0.2) is 13.2 Å². The van der Waals surface area contributed by atoms with Crippen molar-refractivity contribution >= 4 is 21.1 Å². The van der Waals surface area contributed by atoms with E-state index in [-0.39, 0.29) is 23.1 Å². The standard InChI is InChI=1S/C18H19N3O4S/c1-2-20-16-8-7-15(10-17(16)25-18(20)22)26(23,24)21(14-5-6-14)12-13-4-3-9-19-11-13/h3-4,7-11,14H,2,5-6,12H2,1H3. The van der Waals surface area contributed by atoms with E-state index in [1.807, 2.05) is 13.0 Å². The van der Waals surface area contributed by atoms with Crippen molar-refractivity contribution in [2.45, 2.75) is 43.8 Å². The van der Waals surface area contributed by atoms with E-state index in [1.165, 1.54) is 21.0 Å². The fourth-order valence-corrected chi connectivity index (χ4v) is 4.78. The molecule has 1 aromatic carbocycles. The number of benzene rings is 1. The first kappa shape index (κ1) is 17.0. The number of sulfonamides is 1. The zero-order valence-corrected chi connectivity index (χ0v) is 15.1. The molecule has 7 nitrogen and oxygen atoms in total. The molecule has 0 saturated heterocycles. The van der Waals surface area contributed by atoms with E-state index in [0.717, 1.165) is 18.4 Å². The first-order valence-corrected chi connectivity index (χ1v) is 9.99. The van der Waals surface area contributed by atoms with Gasteiger partial charge in [0.15, 0.2) is 5.58 Å². The third kappa shape index (κ3) is 2.95. The van der Waals surface area contributed by atoms with Gasteiger partial charge in [-0.1, -0.05) is 6.07 Å². The predicted octanol–water partition coefficient (Wildman–Crippen LogP) is 2.36. The molecule has 2 heterocycles. The van der Waals surface area contributed by atoms with E-state index in [2.05, 4.69) is 4.98 Å². The van der Waals surface area contributed by atoms with Crippen molar-refractivity contribution in [2.24, 2.45) is 0 Å². The minimum Gasteiger partial charge on any atom is -0.408 e. The molecule has 0 radical (unpaired) electrons. The second kappa shape index (κ2) is 6.37. The van der Waals surface area contributed by atoms with Crippen molar-refractivity contribution < 1.29 is 12.8 Å². The number of oxazole rings is 1. The average molecular weight is 373 g/mol. The number of rotatable bonds is 6. The van der Waals surface area contributed by atoms with Crippen LogP contribution in [0.1, 0.15) is 25.3 Å². The summed E-state index contributed by atoms with van der Waals surface area (Å²) in [5.41, 5.74) is 1.73. The quantitative estimate of drug-likeness (QED) is 0.662. The number of fused-ring (bicyclic) bond motifs is 1. The van der Waals surface area contributed by atoms with E-state index >= 15 is 0 Å². The summed E-state index contributed by atoms with van der Waals surface area (Å²) in [6, 6.07) is 8.27. The Labute approximate surface area is 150 Å². The van der Waals surface area contributed by atoms with Crippen LogP contribution < -0.4 is 5.76 Å². The lowest BCUT2D eigenvalue weighted by atomic mass is 10.3. The Morgan fingerprint density at radius 1 is 1.31 bits per heavy atom. The summed E-state index contributed by atoms with van der Waals surface area (Å²) in [7, 11) is -3.70. The van der Waals surface area contributed by atoms with Crippen molar-refractivity contribution in [1.29, 1.82) is 0 Å². The lowest BCUT2D eigenvalue weighted by Crippen LogP contribution is -2.32. The van der Waals surface area contributed by atoms with Gasteiger partial charge in [0, 0.05) is 37.6 Å². The number of aromatic nitrogens is 2. The number of pyridine rings is 1. The molecule has 0 aliphatic heterocycles. The van der Waals surface area contributed by atoms with Gasteiger partial charge < -0.3 is 4.42 Å². The normalized spacial score (nSPS) is 15.0. The summed E-state index contributed by atoms with van der Waals surface area (Å²) in [4.78, 5) is 16.1. The molecule has 0 spiro atoms. The molecule has 0 atom stereocenters. The highest BCUT2D eigenvalue weighted by Gasteiger charge is 2.38. The van der Waals surface area contributed by atoms with Gasteiger partial charge in [0.05, 0.1) is 10.4 Å². The predicted molar refractivity (Wildman–Crippen MR) is 96.1 cm³/mol. The fraction of sp³-hybridized carbons (Fsp3) is 0.333. The minimum absolute atomic E-state index is 0.00292. The zero-order chi connectivity index (χ0) is 18.3. The van der Waals surface area contributed by atoms with Crippen molar-refractivity contribution in [1.82, 2.24) is 13.9 Å². The molecule has 1 saturated carbocycles. The van der Waals surface area contributed by atoms with Gasteiger partial charge in [-0.3, -0.25) is 9.55 Å². The number of aryl methyl sites for hydroxylation is 1. The minimum atomic E-state index is -3.70. The molecular weight excluding hydrogens is 354 g/mol. The van der Waals surface area contributed by atoms with Crippen LogP contribution in [0.15, 0.2) is 56.8 Å². The first-order chi connectivity index (χ1) is 12.5. The maximum atomic E-state index is 13.2. The van der Waals surface area contributed by atoms with E-state index < -0.39 is 15.8 Å². The van der Waals surface area contributed by atoms with Crippen LogP contribution in [0.25, 0.3) is 11.1 Å². The van der Waals surface area contributed by atoms with Crippen LogP contribution >= 0.6 is 0 Å². The maximum absolute atomic E-state index is 13.2. The van der Waals surface area contributed by atoms with E-state index in [4.69, 9.17) is 4.42 Å². The van der Waals surface area contributed by atoms with Crippen LogP contribution in [-0.2, 0) is 23.1 Å². The van der Waals surface area contributed by atoms with Crippen molar-refractivity contribution in [3.8, 4) is 0 Å². The molecule has 2 aromatic heterocycles. The SMILES string of the molecule is CCn1c(=O)oc2cc(S(=O)(=O)N(Cc3cccnc3)C3CC3)ccc21. The van der Waals surface area contributed by atoms with Gasteiger partial charge in [-0.15, -0.1) is 0 Å². The van der Waals surface area contributed by atoms with Gasteiger partial charge in [-0.2, -0.15) is 4.31 Å². The van der Waals surface area contributed by atoms with E-state index in [9.17, 15) is 13.2 Å². The molecule has 1 aliphatic rings. The molecule has 8 heteroatoms. The molecule has 26 heavy (non-hydrogen) atoms. The second-order valence-corrected chi connectivity index (χ2v) is 8.28. The van der Waals surface area contributed by atoms with Gasteiger partial charge in [0.25, 0.3) is 0 Å². The Hall–Kier alpha value is -2.45. The molecular formula is C18H19N3O4S. The van der Waals surface area contributed by atoms with Crippen LogP contribution in [0, 0.1) is 0 Å². The summed E-state index contributed by atoms with van der Waals surface area (Å²) >= 11 is 0. The van der Waals surface area contributed by atoms with Crippen molar-refractivity contribution in [2.75, 3.05) is 0 Å². The van der Waals surface area contributed by atoms with Crippen LogP contribution in [-0.4, -0.2) is 28.3 Å². The summed E-state index contributed by atoms with van der Waals surface area (Å²) in [5, 5.41) is 0. The Bertz CT molecular complexity index is 1100. The van der Waals surface area contributed by atoms with Crippen LogP contribution in [0.5, 0.6) is 0 Å². The second-order valence-electron chi connectivity index (χ2n) is 6.38. The smallest absolute Gasteiger partial charge is 0.408 e. The third-order valence-electron chi connectivity index (χ3n) is 4.58. The van der Waals surface area contributed by atoms with Gasteiger partial charge in [-0.05, 0) is 43.5 Å².